The number of hydrogen-bond donors (Lipinski definition) is 0. The second-order valence-corrected chi connectivity index (χ2v) is 5.30. The second-order valence-electron chi connectivity index (χ2n) is 4.22. The third kappa shape index (κ3) is 3.06. The van der Waals surface area contributed by atoms with Crippen molar-refractivity contribution in [2.24, 2.45) is 0 Å². The van der Waals surface area contributed by atoms with Gasteiger partial charge in [-0.05, 0) is 18.6 Å². The molecule has 104 valence electrons. The molecule has 5 nitrogen and oxygen atoms in total. The van der Waals surface area contributed by atoms with Gasteiger partial charge in [-0.15, -0.1) is 11.3 Å². The Kier molecular flexibility index (Phi) is 4.53. The fraction of sp³-hybridized carbons (Fsp3) is 0.357. The number of esters is 1. The van der Waals surface area contributed by atoms with Crippen molar-refractivity contribution in [1.29, 1.82) is 0 Å². The van der Waals surface area contributed by atoms with Gasteiger partial charge in [0.25, 0.3) is 0 Å². The maximum atomic E-state index is 11.6. The SMILES string of the molecule is COC(=O)c1ccc(C#CCN2C(=O)CC[C@@H]2C=O)s1. The topological polar surface area (TPSA) is 63.7 Å². The van der Waals surface area contributed by atoms with E-state index in [-0.39, 0.29) is 18.5 Å². The van der Waals surface area contributed by atoms with Crippen LogP contribution >= 0.6 is 11.3 Å². The van der Waals surface area contributed by atoms with Gasteiger partial charge >= 0.3 is 5.97 Å². The van der Waals surface area contributed by atoms with Gasteiger partial charge in [0.15, 0.2) is 0 Å². The lowest BCUT2D eigenvalue weighted by Gasteiger charge is -2.16. The van der Waals surface area contributed by atoms with E-state index in [4.69, 9.17) is 0 Å². The molecule has 0 aromatic carbocycles. The minimum atomic E-state index is -0.390. The van der Waals surface area contributed by atoms with E-state index in [2.05, 4.69) is 16.6 Å². The molecule has 1 atom stereocenters. The molecule has 6 heteroatoms. The van der Waals surface area contributed by atoms with Crippen molar-refractivity contribution >= 4 is 29.5 Å². The fourth-order valence-electron chi connectivity index (χ4n) is 1.93. The van der Waals surface area contributed by atoms with Crippen molar-refractivity contribution in [3.8, 4) is 11.8 Å². The molecule has 0 aliphatic carbocycles. The molecule has 0 unspecified atom stereocenters. The monoisotopic (exact) mass is 291 g/mol. The number of amides is 1. The van der Waals surface area contributed by atoms with E-state index < -0.39 is 5.97 Å². The van der Waals surface area contributed by atoms with Crippen molar-refractivity contribution in [1.82, 2.24) is 4.90 Å². The van der Waals surface area contributed by atoms with Crippen molar-refractivity contribution in [3.63, 3.8) is 0 Å². The van der Waals surface area contributed by atoms with Gasteiger partial charge in [0, 0.05) is 6.42 Å². The van der Waals surface area contributed by atoms with Crippen molar-refractivity contribution < 1.29 is 19.1 Å². The van der Waals surface area contributed by atoms with Gasteiger partial charge in [0.05, 0.1) is 24.6 Å². The highest BCUT2D eigenvalue weighted by Crippen LogP contribution is 2.17. The Morgan fingerprint density at radius 1 is 1.60 bits per heavy atom. The number of likely N-dealkylation sites (tertiary alicyclic amines) is 1. The highest BCUT2D eigenvalue weighted by atomic mass is 32.1. The first-order valence-electron chi connectivity index (χ1n) is 6.07. The summed E-state index contributed by atoms with van der Waals surface area (Å²) in [5.41, 5.74) is 0. The first-order chi connectivity index (χ1) is 9.65. The molecule has 0 N–H and O–H groups in total. The van der Waals surface area contributed by atoms with Gasteiger partial charge in [-0.25, -0.2) is 4.79 Å². The van der Waals surface area contributed by atoms with E-state index in [0.717, 1.165) is 11.2 Å². The van der Waals surface area contributed by atoms with Crippen LogP contribution in [0.15, 0.2) is 12.1 Å². The largest absolute Gasteiger partial charge is 0.465 e. The van der Waals surface area contributed by atoms with Crippen LogP contribution in [0.3, 0.4) is 0 Å². The molecule has 1 aliphatic rings. The van der Waals surface area contributed by atoms with Crippen LogP contribution in [0.2, 0.25) is 0 Å². The number of hydrogen-bond acceptors (Lipinski definition) is 5. The molecule has 1 fully saturated rings. The maximum Gasteiger partial charge on any atom is 0.348 e. The van der Waals surface area contributed by atoms with Crippen LogP contribution in [0.4, 0.5) is 0 Å². The van der Waals surface area contributed by atoms with Crippen molar-refractivity contribution in [2.45, 2.75) is 18.9 Å². The van der Waals surface area contributed by atoms with Crippen LogP contribution in [-0.2, 0) is 14.3 Å². The van der Waals surface area contributed by atoms with E-state index in [0.29, 0.717) is 17.7 Å². The number of rotatable bonds is 3. The minimum Gasteiger partial charge on any atom is -0.465 e. The van der Waals surface area contributed by atoms with Crippen molar-refractivity contribution in [3.05, 3.63) is 21.9 Å². The Balaban J connectivity index is 2.01. The first-order valence-corrected chi connectivity index (χ1v) is 6.89. The molecule has 1 aliphatic heterocycles. The van der Waals surface area contributed by atoms with Crippen LogP contribution in [-0.4, -0.2) is 42.8 Å². The average Bonchev–Trinajstić information content (AvgIpc) is 3.06. The minimum absolute atomic E-state index is 0.0437. The first kappa shape index (κ1) is 14.3. The Morgan fingerprint density at radius 2 is 2.40 bits per heavy atom. The van der Waals surface area contributed by atoms with Crippen molar-refractivity contribution in [2.75, 3.05) is 13.7 Å². The van der Waals surface area contributed by atoms with Gasteiger partial charge in [-0.2, -0.15) is 0 Å². The van der Waals surface area contributed by atoms with Gasteiger partial charge in [0.2, 0.25) is 5.91 Å². The van der Waals surface area contributed by atoms with Gasteiger partial charge < -0.3 is 14.4 Å². The lowest BCUT2D eigenvalue weighted by molar-refractivity contribution is -0.130. The van der Waals surface area contributed by atoms with E-state index >= 15 is 0 Å². The lowest BCUT2D eigenvalue weighted by atomic mass is 10.2. The number of carbonyl (C=O) groups is 3. The molecule has 0 bridgehead atoms. The molecule has 20 heavy (non-hydrogen) atoms. The van der Waals surface area contributed by atoms with Crippen LogP contribution in [0.1, 0.15) is 27.4 Å². The molecule has 1 aromatic heterocycles. The summed E-state index contributed by atoms with van der Waals surface area (Å²) < 4.78 is 4.61. The Labute approximate surface area is 120 Å². The second kappa shape index (κ2) is 6.35. The van der Waals surface area contributed by atoms with Gasteiger partial charge in [-0.3, -0.25) is 4.79 Å². The number of methoxy groups -OCH3 is 1. The summed E-state index contributed by atoms with van der Waals surface area (Å²) in [6.07, 6.45) is 1.75. The smallest absolute Gasteiger partial charge is 0.348 e. The normalized spacial score (nSPS) is 17.6. The maximum absolute atomic E-state index is 11.6. The van der Waals surface area contributed by atoms with E-state index in [9.17, 15) is 14.4 Å². The number of carbonyl (C=O) groups excluding carboxylic acids is 3. The van der Waals surface area contributed by atoms with E-state index in [1.54, 1.807) is 12.1 Å². The number of aldehydes is 1. The molecule has 1 saturated heterocycles. The fourth-order valence-corrected chi connectivity index (χ4v) is 2.73. The Bertz CT molecular complexity index is 596. The summed E-state index contributed by atoms with van der Waals surface area (Å²) in [5, 5.41) is 0. The predicted molar refractivity (Wildman–Crippen MR) is 73.3 cm³/mol. The summed E-state index contributed by atoms with van der Waals surface area (Å²) in [7, 11) is 1.33. The quantitative estimate of drug-likeness (QED) is 0.475. The third-order valence-corrected chi connectivity index (χ3v) is 3.97. The van der Waals surface area contributed by atoms with Crippen LogP contribution in [0, 0.1) is 11.8 Å². The molecular formula is C14H13NO4S. The Morgan fingerprint density at radius 3 is 3.10 bits per heavy atom. The van der Waals surface area contributed by atoms with E-state index in [1.807, 2.05) is 0 Å². The van der Waals surface area contributed by atoms with Crippen LogP contribution in [0.5, 0.6) is 0 Å². The summed E-state index contributed by atoms with van der Waals surface area (Å²) in [5.74, 6) is 5.32. The summed E-state index contributed by atoms with van der Waals surface area (Å²) in [6, 6.07) is 3.02. The van der Waals surface area contributed by atoms with E-state index in [1.165, 1.54) is 23.3 Å². The molecule has 0 radical (unpaired) electrons. The average molecular weight is 291 g/mol. The zero-order valence-corrected chi connectivity index (χ0v) is 11.7. The number of thiophene rings is 1. The summed E-state index contributed by atoms with van der Waals surface area (Å²) in [4.78, 5) is 36.3. The lowest BCUT2D eigenvalue weighted by Crippen LogP contribution is -2.34. The summed E-state index contributed by atoms with van der Waals surface area (Å²) in [6.45, 7) is 0.230. The molecule has 0 saturated carbocycles. The number of ether oxygens (including phenoxy) is 1. The molecule has 1 aromatic rings. The van der Waals surface area contributed by atoms with Gasteiger partial charge in [0.1, 0.15) is 11.2 Å². The summed E-state index contributed by atoms with van der Waals surface area (Å²) >= 11 is 1.23. The van der Waals surface area contributed by atoms with Gasteiger partial charge in [-0.1, -0.05) is 11.8 Å². The Hall–Kier alpha value is -2.13. The van der Waals surface area contributed by atoms with Crippen LogP contribution in [0.25, 0.3) is 0 Å². The molecular weight excluding hydrogens is 278 g/mol. The zero-order valence-electron chi connectivity index (χ0n) is 10.9. The highest BCUT2D eigenvalue weighted by Gasteiger charge is 2.29. The molecule has 2 heterocycles. The standard InChI is InChI=1S/C14H13NO4S/c1-19-14(18)12-6-5-11(20-12)3-2-8-15-10(9-16)4-7-13(15)17/h5-6,9-10H,4,7-8H2,1H3/t10-/m1/s1. The third-order valence-electron chi connectivity index (χ3n) is 2.99. The zero-order chi connectivity index (χ0) is 14.5. The molecule has 1 amide bonds. The molecule has 0 spiro atoms. The van der Waals surface area contributed by atoms with Crippen LogP contribution < -0.4 is 0 Å². The molecule has 2 rings (SSSR count). The predicted octanol–water partition coefficient (Wildman–Crippen LogP) is 1.08. The highest BCUT2D eigenvalue weighted by molar-refractivity contribution is 7.14. The number of nitrogens with zero attached hydrogens (tertiary/aromatic N) is 1.